The van der Waals surface area contributed by atoms with Gasteiger partial charge in [-0.25, -0.2) is 9.78 Å². The van der Waals surface area contributed by atoms with Crippen LogP contribution in [0.5, 0.6) is 0 Å². The number of amides is 1. The van der Waals surface area contributed by atoms with Crippen LogP contribution in [-0.4, -0.2) is 45.1 Å². The molecular weight excluding hydrogens is 455 g/mol. The Hall–Kier alpha value is -2.98. The minimum atomic E-state index is -5.08. The van der Waals surface area contributed by atoms with Gasteiger partial charge >= 0.3 is 12.1 Å². The van der Waals surface area contributed by atoms with Crippen molar-refractivity contribution in [3.63, 3.8) is 0 Å². The maximum Gasteiger partial charge on any atom is 0.490 e. The fourth-order valence-electron chi connectivity index (χ4n) is 4.05. The number of carbonyl (C=O) groups excluding carboxylic acids is 1. The Balaban J connectivity index is 0.000000383. The van der Waals surface area contributed by atoms with Gasteiger partial charge in [0, 0.05) is 24.0 Å². The summed E-state index contributed by atoms with van der Waals surface area (Å²) in [6.45, 7) is 3.37. The van der Waals surface area contributed by atoms with Gasteiger partial charge in [0.25, 0.3) is 5.91 Å². The van der Waals surface area contributed by atoms with Gasteiger partial charge in [0.05, 0.1) is 0 Å². The second-order valence-corrected chi connectivity index (χ2v) is 8.95. The van der Waals surface area contributed by atoms with Crippen LogP contribution in [0.25, 0.3) is 10.8 Å². The summed E-state index contributed by atoms with van der Waals surface area (Å²) in [6.07, 6.45) is -2.19. The second-order valence-electron chi connectivity index (χ2n) is 8.01. The molecular formula is C23H24F3N3O3S. The van der Waals surface area contributed by atoms with Gasteiger partial charge in [-0.1, -0.05) is 42.5 Å². The Labute approximate surface area is 192 Å². The monoisotopic (exact) mass is 479 g/mol. The van der Waals surface area contributed by atoms with Crippen molar-refractivity contribution in [3.05, 3.63) is 64.1 Å². The van der Waals surface area contributed by atoms with Gasteiger partial charge in [-0.2, -0.15) is 13.2 Å². The Morgan fingerprint density at radius 3 is 2.52 bits per heavy atom. The van der Waals surface area contributed by atoms with Crippen LogP contribution in [0.1, 0.15) is 40.8 Å². The number of alkyl halides is 3. The highest BCUT2D eigenvalue weighted by Gasteiger charge is 2.41. The number of carboxylic acids is 1. The van der Waals surface area contributed by atoms with Crippen LogP contribution in [0.3, 0.4) is 0 Å². The molecule has 2 aromatic carbocycles. The van der Waals surface area contributed by atoms with E-state index in [1.807, 2.05) is 10.3 Å². The number of aliphatic carboxylic acids is 1. The number of likely N-dealkylation sites (tertiary alicyclic amines) is 1. The fourth-order valence-corrected chi connectivity index (χ4v) is 4.70. The van der Waals surface area contributed by atoms with Crippen molar-refractivity contribution in [1.29, 1.82) is 0 Å². The number of hydrogen-bond acceptors (Lipinski definition) is 5. The molecule has 0 bridgehead atoms. The van der Waals surface area contributed by atoms with Gasteiger partial charge < -0.3 is 15.7 Å². The van der Waals surface area contributed by atoms with Crippen molar-refractivity contribution in [1.82, 2.24) is 9.88 Å². The number of halogens is 3. The third kappa shape index (κ3) is 5.69. The number of thiazole rings is 1. The Bertz CT molecular complexity index is 1140. The standard InChI is InChI=1S/C21H23N3OS.C2HF3O2/c1-21(12-16-8-4-7-15-6-2-3-9-17(15)16)10-5-11-24(21)20(25)18-14-26-19(13-22)23-18;3-2(4,5)1(6)7/h2-4,6-9,14H,5,10-13,22H2,1H3;(H,6,7). The van der Waals surface area contributed by atoms with E-state index < -0.39 is 12.1 Å². The molecule has 1 amide bonds. The molecule has 1 aliphatic heterocycles. The average Bonchev–Trinajstić information content (AvgIpc) is 3.40. The van der Waals surface area contributed by atoms with E-state index in [9.17, 15) is 18.0 Å². The van der Waals surface area contributed by atoms with Crippen LogP contribution in [-0.2, 0) is 17.8 Å². The van der Waals surface area contributed by atoms with Gasteiger partial charge in [-0.05, 0) is 42.5 Å². The van der Waals surface area contributed by atoms with Crippen molar-refractivity contribution < 1.29 is 27.9 Å². The van der Waals surface area contributed by atoms with Crippen molar-refractivity contribution in [2.24, 2.45) is 5.73 Å². The first kappa shape index (κ1) is 24.7. The van der Waals surface area contributed by atoms with Gasteiger partial charge in [-0.3, -0.25) is 4.79 Å². The zero-order valence-corrected chi connectivity index (χ0v) is 18.7. The van der Waals surface area contributed by atoms with Crippen molar-refractivity contribution in [2.45, 2.75) is 44.4 Å². The largest absolute Gasteiger partial charge is 0.490 e. The van der Waals surface area contributed by atoms with E-state index >= 15 is 0 Å². The molecule has 2 heterocycles. The topological polar surface area (TPSA) is 96.5 Å². The van der Waals surface area contributed by atoms with Crippen LogP contribution >= 0.6 is 11.3 Å². The highest BCUT2D eigenvalue weighted by atomic mass is 32.1. The average molecular weight is 480 g/mol. The molecule has 0 spiro atoms. The third-order valence-electron chi connectivity index (χ3n) is 5.63. The number of aromatic nitrogens is 1. The Morgan fingerprint density at radius 2 is 1.88 bits per heavy atom. The molecule has 0 radical (unpaired) electrons. The van der Waals surface area contributed by atoms with E-state index in [1.165, 1.54) is 27.7 Å². The summed E-state index contributed by atoms with van der Waals surface area (Å²) in [4.78, 5) is 28.4. The first-order valence-electron chi connectivity index (χ1n) is 10.3. The van der Waals surface area contributed by atoms with Crippen molar-refractivity contribution >= 4 is 34.0 Å². The maximum absolute atomic E-state index is 13.1. The molecule has 4 rings (SSSR count). The number of nitrogens with two attached hydrogens (primary N) is 1. The number of carbonyl (C=O) groups is 2. The van der Waals surface area contributed by atoms with Crippen LogP contribution in [0.2, 0.25) is 0 Å². The van der Waals surface area contributed by atoms with Gasteiger partial charge in [0.2, 0.25) is 0 Å². The normalized spacial score (nSPS) is 18.2. The predicted molar refractivity (Wildman–Crippen MR) is 120 cm³/mol. The summed E-state index contributed by atoms with van der Waals surface area (Å²) >= 11 is 1.46. The smallest absolute Gasteiger partial charge is 0.475 e. The van der Waals surface area contributed by atoms with Crippen LogP contribution in [0, 0.1) is 0 Å². The number of hydrogen-bond donors (Lipinski definition) is 2. The zero-order valence-electron chi connectivity index (χ0n) is 17.9. The molecule has 1 unspecified atom stereocenters. The van der Waals surface area contributed by atoms with Crippen molar-refractivity contribution in [2.75, 3.05) is 6.54 Å². The summed E-state index contributed by atoms with van der Waals surface area (Å²) in [7, 11) is 0. The number of rotatable bonds is 4. The lowest BCUT2D eigenvalue weighted by atomic mass is 9.87. The van der Waals surface area contributed by atoms with E-state index in [1.54, 1.807) is 0 Å². The highest BCUT2D eigenvalue weighted by molar-refractivity contribution is 7.09. The Kier molecular flexibility index (Phi) is 7.38. The minimum absolute atomic E-state index is 0.0289. The van der Waals surface area contributed by atoms with Crippen LogP contribution < -0.4 is 5.73 Å². The zero-order chi connectivity index (χ0) is 24.2. The summed E-state index contributed by atoms with van der Waals surface area (Å²) in [5.74, 6) is -2.73. The van der Waals surface area contributed by atoms with Gasteiger partial charge in [0.15, 0.2) is 0 Å². The molecule has 6 nitrogen and oxygen atoms in total. The molecule has 1 saturated heterocycles. The summed E-state index contributed by atoms with van der Waals surface area (Å²) in [5.41, 5.74) is 7.29. The number of nitrogens with zero attached hydrogens (tertiary/aromatic N) is 2. The Morgan fingerprint density at radius 1 is 1.21 bits per heavy atom. The van der Waals surface area contributed by atoms with E-state index in [0.29, 0.717) is 12.2 Å². The summed E-state index contributed by atoms with van der Waals surface area (Å²) in [5, 5.41) is 12.3. The molecule has 0 saturated carbocycles. The van der Waals surface area contributed by atoms with E-state index in [2.05, 4.69) is 54.4 Å². The van der Waals surface area contributed by atoms with Gasteiger partial charge in [-0.15, -0.1) is 11.3 Å². The molecule has 1 aliphatic rings. The first-order chi connectivity index (χ1) is 15.5. The van der Waals surface area contributed by atoms with Crippen LogP contribution in [0.4, 0.5) is 13.2 Å². The molecule has 1 fully saturated rings. The molecule has 3 aromatic rings. The second kappa shape index (κ2) is 9.88. The van der Waals surface area contributed by atoms with E-state index in [-0.39, 0.29) is 11.4 Å². The van der Waals surface area contributed by atoms with E-state index in [0.717, 1.165) is 30.8 Å². The van der Waals surface area contributed by atoms with Crippen molar-refractivity contribution in [3.8, 4) is 0 Å². The van der Waals surface area contributed by atoms with E-state index in [4.69, 9.17) is 15.6 Å². The molecule has 3 N–H and O–H groups in total. The minimum Gasteiger partial charge on any atom is -0.475 e. The molecule has 1 aromatic heterocycles. The molecule has 10 heteroatoms. The number of benzene rings is 2. The first-order valence-corrected chi connectivity index (χ1v) is 11.2. The molecule has 0 aliphatic carbocycles. The SMILES string of the molecule is CC1(Cc2cccc3ccccc23)CCCN1C(=O)c1csc(CN)n1.O=C(O)C(F)(F)F. The lowest BCUT2D eigenvalue weighted by molar-refractivity contribution is -0.192. The molecule has 33 heavy (non-hydrogen) atoms. The predicted octanol–water partition coefficient (Wildman–Crippen LogP) is 4.63. The fraction of sp³-hybridized carbons (Fsp3) is 0.348. The van der Waals surface area contributed by atoms with Gasteiger partial charge in [0.1, 0.15) is 10.7 Å². The highest BCUT2D eigenvalue weighted by Crippen LogP contribution is 2.35. The summed E-state index contributed by atoms with van der Waals surface area (Å²) < 4.78 is 31.7. The lowest BCUT2D eigenvalue weighted by Gasteiger charge is -2.35. The molecule has 176 valence electrons. The molecule has 1 atom stereocenters. The number of carboxylic acid groups (broad SMARTS) is 1. The van der Waals surface area contributed by atoms with Crippen LogP contribution in [0.15, 0.2) is 47.8 Å². The lowest BCUT2D eigenvalue weighted by Crippen LogP contribution is -2.46. The maximum atomic E-state index is 13.1. The third-order valence-corrected chi connectivity index (χ3v) is 6.50. The summed E-state index contributed by atoms with van der Waals surface area (Å²) in [6, 6.07) is 14.9. The number of fused-ring (bicyclic) bond motifs is 1. The quantitative estimate of drug-likeness (QED) is 0.569.